The number of benzene rings is 1. The van der Waals surface area contributed by atoms with E-state index in [2.05, 4.69) is 21.2 Å². The van der Waals surface area contributed by atoms with Crippen LogP contribution in [0.3, 0.4) is 0 Å². The topological polar surface area (TPSA) is 69.6 Å². The van der Waals surface area contributed by atoms with Crippen molar-refractivity contribution in [2.45, 2.75) is 6.10 Å². The second-order valence-electron chi connectivity index (χ2n) is 3.47. The van der Waals surface area contributed by atoms with Crippen molar-refractivity contribution in [2.24, 2.45) is 0 Å². The number of aliphatic hydroxyl groups excluding tert-OH is 2. The zero-order chi connectivity index (χ0) is 12.7. The zero-order valence-corrected chi connectivity index (χ0v) is 10.7. The monoisotopic (exact) mass is 299 g/mol. The largest absolute Gasteiger partial charge is 0.394 e. The second-order valence-corrected chi connectivity index (χ2v) is 4.39. The van der Waals surface area contributed by atoms with Gasteiger partial charge in [-0.05, 0) is 23.8 Å². The van der Waals surface area contributed by atoms with Gasteiger partial charge in [-0.3, -0.25) is 4.79 Å². The van der Waals surface area contributed by atoms with E-state index in [0.29, 0.717) is 0 Å². The van der Waals surface area contributed by atoms with E-state index >= 15 is 0 Å². The van der Waals surface area contributed by atoms with E-state index in [0.717, 1.165) is 10.0 Å². The first kappa shape index (κ1) is 13.9. The first-order valence-electron chi connectivity index (χ1n) is 5.12. The van der Waals surface area contributed by atoms with E-state index in [1.807, 2.05) is 24.3 Å². The molecule has 0 fully saturated rings. The molecule has 0 aromatic heterocycles. The third kappa shape index (κ3) is 5.63. The number of nitrogens with one attached hydrogen (secondary N) is 1. The molecule has 0 saturated heterocycles. The number of carbonyl (C=O) groups excluding carboxylic acids is 1. The van der Waals surface area contributed by atoms with Gasteiger partial charge in [0, 0.05) is 17.1 Å². The molecule has 0 bridgehead atoms. The Kier molecular flexibility index (Phi) is 5.90. The Bertz CT molecular complexity index is 406. The van der Waals surface area contributed by atoms with Crippen LogP contribution in [0.1, 0.15) is 5.56 Å². The van der Waals surface area contributed by atoms with Gasteiger partial charge >= 0.3 is 0 Å². The lowest BCUT2D eigenvalue weighted by atomic mass is 10.2. The van der Waals surface area contributed by atoms with Gasteiger partial charge < -0.3 is 15.5 Å². The van der Waals surface area contributed by atoms with Crippen LogP contribution in [0.2, 0.25) is 0 Å². The fourth-order valence-electron chi connectivity index (χ4n) is 1.12. The third-order valence-corrected chi connectivity index (χ3v) is 2.49. The summed E-state index contributed by atoms with van der Waals surface area (Å²) in [6.45, 7) is -0.326. The highest BCUT2D eigenvalue weighted by atomic mass is 79.9. The minimum atomic E-state index is -0.918. The minimum Gasteiger partial charge on any atom is -0.394 e. The maximum atomic E-state index is 11.3. The smallest absolute Gasteiger partial charge is 0.244 e. The Morgan fingerprint density at radius 3 is 2.94 bits per heavy atom. The standard InChI is InChI=1S/C12H14BrNO3/c13-10-3-1-2-9(6-10)4-5-12(17)14-7-11(16)8-15/h1-6,11,15-16H,7-8H2,(H,14,17)/b5-4+. The Labute approximate surface area is 108 Å². The molecule has 4 nitrogen and oxygen atoms in total. The molecule has 0 aliphatic rings. The summed E-state index contributed by atoms with van der Waals surface area (Å²) in [5, 5.41) is 20.1. The minimum absolute atomic E-state index is 0.0398. The molecular formula is C12H14BrNO3. The molecular weight excluding hydrogens is 286 g/mol. The van der Waals surface area contributed by atoms with Gasteiger partial charge in [0.1, 0.15) is 0 Å². The summed E-state index contributed by atoms with van der Waals surface area (Å²) in [6, 6.07) is 7.52. The summed E-state index contributed by atoms with van der Waals surface area (Å²) in [4.78, 5) is 11.3. The van der Waals surface area contributed by atoms with E-state index in [4.69, 9.17) is 10.2 Å². The highest BCUT2D eigenvalue weighted by Gasteiger charge is 2.02. The van der Waals surface area contributed by atoms with Gasteiger partial charge in [0.05, 0.1) is 12.7 Å². The van der Waals surface area contributed by atoms with Crippen LogP contribution in [-0.2, 0) is 4.79 Å². The summed E-state index contributed by atoms with van der Waals surface area (Å²) >= 11 is 3.33. The van der Waals surface area contributed by atoms with Crippen LogP contribution in [0.25, 0.3) is 6.08 Å². The lowest BCUT2D eigenvalue weighted by Gasteiger charge is -2.06. The number of halogens is 1. The Morgan fingerprint density at radius 1 is 1.53 bits per heavy atom. The van der Waals surface area contributed by atoms with Gasteiger partial charge in [0.15, 0.2) is 0 Å². The van der Waals surface area contributed by atoms with Crippen LogP contribution in [0.15, 0.2) is 34.8 Å². The number of hydrogen-bond donors (Lipinski definition) is 3. The molecule has 17 heavy (non-hydrogen) atoms. The summed E-state index contributed by atoms with van der Waals surface area (Å²) in [7, 11) is 0. The summed E-state index contributed by atoms with van der Waals surface area (Å²) < 4.78 is 0.941. The van der Waals surface area contributed by atoms with E-state index < -0.39 is 6.10 Å². The molecule has 0 saturated carbocycles. The molecule has 0 aliphatic carbocycles. The lowest BCUT2D eigenvalue weighted by Crippen LogP contribution is -2.32. The van der Waals surface area contributed by atoms with Gasteiger partial charge in [0.2, 0.25) is 5.91 Å². The highest BCUT2D eigenvalue weighted by Crippen LogP contribution is 2.12. The number of carbonyl (C=O) groups is 1. The normalized spacial score (nSPS) is 12.6. The van der Waals surface area contributed by atoms with E-state index in [-0.39, 0.29) is 19.1 Å². The Morgan fingerprint density at radius 2 is 2.29 bits per heavy atom. The average molecular weight is 300 g/mol. The van der Waals surface area contributed by atoms with Crippen molar-refractivity contribution in [1.29, 1.82) is 0 Å². The molecule has 1 aromatic carbocycles. The molecule has 5 heteroatoms. The third-order valence-electron chi connectivity index (χ3n) is 2.00. The number of amides is 1. The lowest BCUT2D eigenvalue weighted by molar-refractivity contribution is -0.117. The van der Waals surface area contributed by atoms with E-state index in [1.54, 1.807) is 6.08 Å². The SMILES string of the molecule is O=C(/C=C/c1cccc(Br)c1)NCC(O)CO. The molecule has 0 radical (unpaired) electrons. The molecule has 1 unspecified atom stereocenters. The summed E-state index contributed by atoms with van der Waals surface area (Å²) in [5.41, 5.74) is 0.900. The maximum absolute atomic E-state index is 11.3. The van der Waals surface area contributed by atoms with Crippen LogP contribution in [0.4, 0.5) is 0 Å². The molecule has 1 aromatic rings. The van der Waals surface area contributed by atoms with Crippen molar-refractivity contribution in [2.75, 3.05) is 13.2 Å². The number of rotatable bonds is 5. The first-order chi connectivity index (χ1) is 8.11. The van der Waals surface area contributed by atoms with Crippen molar-refractivity contribution >= 4 is 27.9 Å². The first-order valence-corrected chi connectivity index (χ1v) is 5.91. The highest BCUT2D eigenvalue weighted by molar-refractivity contribution is 9.10. The van der Waals surface area contributed by atoms with Gasteiger partial charge in [-0.1, -0.05) is 28.1 Å². The van der Waals surface area contributed by atoms with Crippen molar-refractivity contribution < 1.29 is 15.0 Å². The van der Waals surface area contributed by atoms with Gasteiger partial charge in [-0.2, -0.15) is 0 Å². The summed E-state index contributed by atoms with van der Waals surface area (Å²) in [5.74, 6) is -0.308. The molecule has 92 valence electrons. The Balaban J connectivity index is 2.45. The average Bonchev–Trinajstić information content (AvgIpc) is 2.33. The van der Waals surface area contributed by atoms with Crippen molar-refractivity contribution in [3.8, 4) is 0 Å². The molecule has 1 atom stereocenters. The number of hydrogen-bond acceptors (Lipinski definition) is 3. The second kappa shape index (κ2) is 7.21. The molecule has 0 aliphatic heterocycles. The van der Waals surface area contributed by atoms with Gasteiger partial charge in [-0.15, -0.1) is 0 Å². The van der Waals surface area contributed by atoms with E-state index in [9.17, 15) is 4.79 Å². The zero-order valence-electron chi connectivity index (χ0n) is 9.14. The molecule has 1 rings (SSSR count). The molecule has 0 spiro atoms. The van der Waals surface area contributed by atoms with E-state index in [1.165, 1.54) is 6.08 Å². The van der Waals surface area contributed by atoms with Gasteiger partial charge in [0.25, 0.3) is 0 Å². The van der Waals surface area contributed by atoms with Crippen LogP contribution in [0.5, 0.6) is 0 Å². The van der Waals surface area contributed by atoms with Crippen LogP contribution >= 0.6 is 15.9 Å². The van der Waals surface area contributed by atoms with Crippen molar-refractivity contribution in [3.05, 3.63) is 40.4 Å². The van der Waals surface area contributed by atoms with Crippen LogP contribution in [-0.4, -0.2) is 35.4 Å². The molecule has 0 heterocycles. The maximum Gasteiger partial charge on any atom is 0.244 e. The quantitative estimate of drug-likeness (QED) is 0.709. The fourth-order valence-corrected chi connectivity index (χ4v) is 1.54. The molecule has 3 N–H and O–H groups in total. The Hall–Kier alpha value is -1.17. The summed E-state index contributed by atoms with van der Waals surface area (Å²) in [6.07, 6.45) is 2.13. The predicted octanol–water partition coefficient (Wildman–Crippen LogP) is 0.932. The van der Waals surface area contributed by atoms with Crippen LogP contribution < -0.4 is 5.32 Å². The van der Waals surface area contributed by atoms with Crippen LogP contribution in [0, 0.1) is 0 Å². The van der Waals surface area contributed by atoms with Gasteiger partial charge in [-0.25, -0.2) is 0 Å². The predicted molar refractivity (Wildman–Crippen MR) is 69.3 cm³/mol. The van der Waals surface area contributed by atoms with Crippen molar-refractivity contribution in [3.63, 3.8) is 0 Å². The fraction of sp³-hybridized carbons (Fsp3) is 0.250. The number of aliphatic hydroxyl groups is 2. The van der Waals surface area contributed by atoms with Crippen molar-refractivity contribution in [1.82, 2.24) is 5.32 Å². The molecule has 1 amide bonds.